The summed E-state index contributed by atoms with van der Waals surface area (Å²) in [6, 6.07) is 0.343. The van der Waals surface area contributed by atoms with Crippen molar-refractivity contribution in [3.8, 4) is 5.88 Å². The Hall–Kier alpha value is -1.36. The number of hydrogen-bond donors (Lipinski definition) is 2. The molecule has 0 saturated heterocycles. The first-order chi connectivity index (χ1) is 8.30. The summed E-state index contributed by atoms with van der Waals surface area (Å²) < 4.78 is 5.43. The maximum absolute atomic E-state index is 5.55. The summed E-state index contributed by atoms with van der Waals surface area (Å²) in [5.74, 6) is 1.32. The molecule has 0 aliphatic carbocycles. The lowest BCUT2D eigenvalue weighted by atomic mass is 10.1. The molecule has 0 bridgehead atoms. The van der Waals surface area contributed by atoms with Gasteiger partial charge in [-0.2, -0.15) is 4.98 Å². The number of rotatable bonds is 8. The topological polar surface area (TPSA) is 73.1 Å². The zero-order chi connectivity index (χ0) is 12.5. The molecule has 0 aliphatic rings. The van der Waals surface area contributed by atoms with Crippen molar-refractivity contribution in [1.29, 1.82) is 0 Å². The van der Waals surface area contributed by atoms with Crippen molar-refractivity contribution in [1.82, 2.24) is 9.97 Å². The Labute approximate surface area is 103 Å². The molecular formula is C12H22N4O. The molecule has 1 aromatic rings. The van der Waals surface area contributed by atoms with Crippen molar-refractivity contribution < 1.29 is 4.74 Å². The molecule has 0 spiro atoms. The first-order valence-electron chi connectivity index (χ1n) is 6.21. The molecule has 0 aromatic carbocycles. The second-order valence-corrected chi connectivity index (χ2v) is 3.92. The summed E-state index contributed by atoms with van der Waals surface area (Å²) in [5, 5.41) is 3.31. The van der Waals surface area contributed by atoms with Crippen LogP contribution in [0.4, 0.5) is 5.82 Å². The molecule has 0 amide bonds. The predicted octanol–water partition coefficient (Wildman–Crippen LogP) is 1.80. The van der Waals surface area contributed by atoms with Crippen molar-refractivity contribution >= 4 is 5.82 Å². The minimum Gasteiger partial charge on any atom is -0.477 e. The molecule has 3 N–H and O–H groups in total. The Bertz CT molecular complexity index is 319. The van der Waals surface area contributed by atoms with Crippen molar-refractivity contribution in [3.05, 3.63) is 12.4 Å². The van der Waals surface area contributed by atoms with E-state index in [1.165, 1.54) is 0 Å². The fourth-order valence-corrected chi connectivity index (χ4v) is 1.48. The van der Waals surface area contributed by atoms with Crippen LogP contribution in [-0.4, -0.2) is 29.2 Å². The highest BCUT2D eigenvalue weighted by molar-refractivity contribution is 5.34. The zero-order valence-electron chi connectivity index (χ0n) is 10.6. The van der Waals surface area contributed by atoms with E-state index in [-0.39, 0.29) is 0 Å². The number of anilines is 1. The van der Waals surface area contributed by atoms with E-state index in [9.17, 15) is 0 Å². The fraction of sp³-hybridized carbons (Fsp3) is 0.667. The van der Waals surface area contributed by atoms with Gasteiger partial charge in [-0.3, -0.25) is 4.98 Å². The molecule has 1 atom stereocenters. The van der Waals surface area contributed by atoms with Gasteiger partial charge in [0.15, 0.2) is 0 Å². The van der Waals surface area contributed by atoms with E-state index in [0.29, 0.717) is 25.1 Å². The third-order valence-electron chi connectivity index (χ3n) is 2.43. The molecule has 5 heteroatoms. The van der Waals surface area contributed by atoms with Crippen LogP contribution in [0.2, 0.25) is 0 Å². The van der Waals surface area contributed by atoms with E-state index < -0.39 is 0 Å². The fourth-order valence-electron chi connectivity index (χ4n) is 1.48. The van der Waals surface area contributed by atoms with Gasteiger partial charge >= 0.3 is 0 Å². The first kappa shape index (κ1) is 13.7. The van der Waals surface area contributed by atoms with Crippen LogP contribution in [0.25, 0.3) is 0 Å². The number of nitrogens with two attached hydrogens (primary N) is 1. The summed E-state index contributed by atoms with van der Waals surface area (Å²) in [6.45, 7) is 5.52. The highest BCUT2D eigenvalue weighted by Gasteiger charge is 2.06. The van der Waals surface area contributed by atoms with Crippen LogP contribution in [0.5, 0.6) is 5.88 Å². The monoisotopic (exact) mass is 238 g/mol. The Morgan fingerprint density at radius 2 is 2.24 bits per heavy atom. The zero-order valence-corrected chi connectivity index (χ0v) is 10.6. The Kier molecular flexibility index (Phi) is 6.32. The van der Waals surface area contributed by atoms with E-state index in [4.69, 9.17) is 10.5 Å². The summed E-state index contributed by atoms with van der Waals surface area (Å²) in [6.07, 6.45) is 6.24. The van der Waals surface area contributed by atoms with Gasteiger partial charge in [-0.25, -0.2) is 0 Å². The van der Waals surface area contributed by atoms with Gasteiger partial charge in [0.25, 0.3) is 0 Å². The second kappa shape index (κ2) is 7.84. The predicted molar refractivity (Wildman–Crippen MR) is 69.2 cm³/mol. The first-order valence-corrected chi connectivity index (χ1v) is 6.21. The van der Waals surface area contributed by atoms with Gasteiger partial charge in [-0.1, -0.05) is 13.8 Å². The van der Waals surface area contributed by atoms with Crippen LogP contribution in [0.1, 0.15) is 33.1 Å². The van der Waals surface area contributed by atoms with Crippen LogP contribution < -0.4 is 15.8 Å². The molecule has 0 aliphatic heterocycles. The SMILES string of the molecule is CCCOc1cncc(NC(CC)CCN)n1. The van der Waals surface area contributed by atoms with Crippen molar-refractivity contribution in [2.24, 2.45) is 5.73 Å². The molecule has 1 unspecified atom stereocenters. The molecule has 0 fully saturated rings. The standard InChI is InChI=1S/C12H22N4O/c1-3-7-17-12-9-14-8-11(16-12)15-10(4-2)5-6-13/h8-10H,3-7,13H2,1-2H3,(H,15,16). The van der Waals surface area contributed by atoms with E-state index in [0.717, 1.165) is 25.1 Å². The Morgan fingerprint density at radius 1 is 1.41 bits per heavy atom. The smallest absolute Gasteiger partial charge is 0.234 e. The summed E-state index contributed by atoms with van der Waals surface area (Å²) in [4.78, 5) is 8.45. The third kappa shape index (κ3) is 4.99. The minimum atomic E-state index is 0.343. The second-order valence-electron chi connectivity index (χ2n) is 3.92. The Balaban J connectivity index is 2.57. The molecule has 1 aromatic heterocycles. The highest BCUT2D eigenvalue weighted by atomic mass is 16.5. The van der Waals surface area contributed by atoms with E-state index in [1.54, 1.807) is 12.4 Å². The summed E-state index contributed by atoms with van der Waals surface area (Å²) in [7, 11) is 0. The average molecular weight is 238 g/mol. The molecule has 0 radical (unpaired) electrons. The summed E-state index contributed by atoms with van der Waals surface area (Å²) in [5.41, 5.74) is 5.55. The minimum absolute atomic E-state index is 0.343. The van der Waals surface area contributed by atoms with E-state index in [1.807, 2.05) is 0 Å². The maximum Gasteiger partial charge on any atom is 0.234 e. The molecule has 17 heavy (non-hydrogen) atoms. The lowest BCUT2D eigenvalue weighted by Crippen LogP contribution is -2.22. The maximum atomic E-state index is 5.55. The molecule has 96 valence electrons. The number of nitrogens with one attached hydrogen (secondary N) is 1. The van der Waals surface area contributed by atoms with Crippen LogP contribution >= 0.6 is 0 Å². The number of hydrogen-bond acceptors (Lipinski definition) is 5. The van der Waals surface area contributed by atoms with Crippen LogP contribution in [-0.2, 0) is 0 Å². The van der Waals surface area contributed by atoms with Crippen LogP contribution in [0, 0.1) is 0 Å². The highest BCUT2D eigenvalue weighted by Crippen LogP contribution is 2.12. The van der Waals surface area contributed by atoms with Gasteiger partial charge in [0.2, 0.25) is 5.88 Å². The van der Waals surface area contributed by atoms with Crippen molar-refractivity contribution in [3.63, 3.8) is 0 Å². The van der Waals surface area contributed by atoms with Gasteiger partial charge in [0.1, 0.15) is 5.82 Å². The van der Waals surface area contributed by atoms with E-state index >= 15 is 0 Å². The molecule has 5 nitrogen and oxygen atoms in total. The number of aromatic nitrogens is 2. The van der Waals surface area contributed by atoms with Gasteiger partial charge < -0.3 is 15.8 Å². The third-order valence-corrected chi connectivity index (χ3v) is 2.43. The van der Waals surface area contributed by atoms with Crippen molar-refractivity contribution in [2.45, 2.75) is 39.2 Å². The van der Waals surface area contributed by atoms with E-state index in [2.05, 4.69) is 29.1 Å². The van der Waals surface area contributed by atoms with Crippen molar-refractivity contribution in [2.75, 3.05) is 18.5 Å². The molecule has 1 rings (SSSR count). The largest absolute Gasteiger partial charge is 0.477 e. The molecule has 0 saturated carbocycles. The van der Waals surface area contributed by atoms with Gasteiger partial charge in [-0.05, 0) is 25.8 Å². The quantitative estimate of drug-likeness (QED) is 0.722. The molecular weight excluding hydrogens is 216 g/mol. The Morgan fingerprint density at radius 3 is 2.88 bits per heavy atom. The number of nitrogens with zero attached hydrogens (tertiary/aromatic N) is 2. The van der Waals surface area contributed by atoms with Gasteiger partial charge in [0.05, 0.1) is 19.0 Å². The lowest BCUT2D eigenvalue weighted by molar-refractivity contribution is 0.304. The van der Waals surface area contributed by atoms with Crippen LogP contribution in [0.3, 0.4) is 0 Å². The lowest BCUT2D eigenvalue weighted by Gasteiger charge is -2.16. The van der Waals surface area contributed by atoms with Crippen LogP contribution in [0.15, 0.2) is 12.4 Å². The molecule has 1 heterocycles. The number of ether oxygens (including phenoxy) is 1. The normalized spacial score (nSPS) is 12.2. The van der Waals surface area contributed by atoms with Gasteiger partial charge in [0, 0.05) is 6.04 Å². The van der Waals surface area contributed by atoms with Gasteiger partial charge in [-0.15, -0.1) is 0 Å². The average Bonchev–Trinajstić information content (AvgIpc) is 2.36. The summed E-state index contributed by atoms with van der Waals surface area (Å²) >= 11 is 0.